The van der Waals surface area contributed by atoms with Gasteiger partial charge in [0.25, 0.3) is 0 Å². The van der Waals surface area contributed by atoms with Gasteiger partial charge in [0.15, 0.2) is 8.32 Å². The van der Waals surface area contributed by atoms with Crippen molar-refractivity contribution in [2.75, 3.05) is 7.11 Å². The Morgan fingerprint density at radius 3 is 2.62 bits per heavy atom. The molecule has 166 valence electrons. The Labute approximate surface area is 176 Å². The number of carbonyl (C=O) groups excluding carboxylic acids is 2. The van der Waals surface area contributed by atoms with E-state index in [1.54, 1.807) is 0 Å². The number of Topliss-reactive ketones (excluding diaryl/α,β-unsaturated/α-hetero) is 1. The Kier molecular flexibility index (Phi) is 7.87. The third-order valence-corrected chi connectivity index (χ3v) is 11.3. The first-order valence-electron chi connectivity index (χ1n) is 10.6. The summed E-state index contributed by atoms with van der Waals surface area (Å²) in [6.07, 6.45) is 2.96. The molecule has 1 heterocycles. The lowest BCUT2D eigenvalue weighted by atomic mass is 9.84. The normalized spacial score (nSPS) is 30.9. The number of rotatable bonds is 10. The summed E-state index contributed by atoms with van der Waals surface area (Å²) in [5.41, 5.74) is 0. The summed E-state index contributed by atoms with van der Waals surface area (Å²) in [4.78, 5) is 24.1. The summed E-state index contributed by atoms with van der Waals surface area (Å²) >= 11 is 0. The highest BCUT2D eigenvalue weighted by molar-refractivity contribution is 6.74. The number of aliphatic hydroxyl groups is 1. The predicted octanol–water partition coefficient (Wildman–Crippen LogP) is 3.63. The topological polar surface area (TPSA) is 85.4 Å². The van der Waals surface area contributed by atoms with E-state index in [2.05, 4.69) is 45.2 Å². The summed E-state index contributed by atoms with van der Waals surface area (Å²) in [6.45, 7) is 14.8. The van der Waals surface area contributed by atoms with Gasteiger partial charge in [-0.1, -0.05) is 26.8 Å². The molecule has 6 nitrogen and oxygen atoms in total. The molecule has 6 atom stereocenters. The van der Waals surface area contributed by atoms with Gasteiger partial charge in [-0.05, 0) is 37.4 Å². The Hall–Kier alpha value is -1.02. The molecule has 1 saturated carbocycles. The van der Waals surface area contributed by atoms with Crippen molar-refractivity contribution in [1.29, 1.82) is 0 Å². The van der Waals surface area contributed by atoms with Gasteiger partial charge in [0.1, 0.15) is 11.9 Å². The quantitative estimate of drug-likeness (QED) is 0.248. The second-order valence-electron chi connectivity index (χ2n) is 9.90. The minimum absolute atomic E-state index is 0.0514. The largest absolute Gasteiger partial charge is 0.469 e. The van der Waals surface area contributed by atoms with Crippen LogP contribution in [-0.4, -0.2) is 56.7 Å². The van der Waals surface area contributed by atoms with Crippen molar-refractivity contribution in [3.8, 4) is 0 Å². The summed E-state index contributed by atoms with van der Waals surface area (Å²) in [5.74, 6) is -0.760. The van der Waals surface area contributed by atoms with Gasteiger partial charge in [-0.25, -0.2) is 0 Å². The van der Waals surface area contributed by atoms with Crippen molar-refractivity contribution >= 4 is 20.1 Å². The van der Waals surface area contributed by atoms with Crippen LogP contribution in [0.2, 0.25) is 18.1 Å². The summed E-state index contributed by atoms with van der Waals surface area (Å²) < 4.78 is 16.9. The molecule has 0 aromatic carbocycles. The first kappa shape index (κ1) is 24.2. The highest BCUT2D eigenvalue weighted by Gasteiger charge is 2.55. The fraction of sp³-hybridized carbons (Fsp3) is 0.818. The summed E-state index contributed by atoms with van der Waals surface area (Å²) in [7, 11) is -0.664. The standard InChI is InChI=1S/C22H38O6Si/c1-8-10-14-17(28-29(6,7)22(2,3)4)13-15(23)19(14)20(25)21-16(27-21)11-9-12-18(24)26-5/h8,14,16-17,19-21,25H,1,9-13H2,2-7H3/t14-,16-,17+,19?,20?,21+/m0/s1. The lowest BCUT2D eigenvalue weighted by molar-refractivity contribution is -0.140. The molecule has 0 radical (unpaired) electrons. The van der Waals surface area contributed by atoms with Gasteiger partial charge in [-0.3, -0.25) is 9.59 Å². The molecule has 2 unspecified atom stereocenters. The number of epoxide rings is 1. The Morgan fingerprint density at radius 2 is 2.07 bits per heavy atom. The van der Waals surface area contributed by atoms with Gasteiger partial charge >= 0.3 is 5.97 Å². The maximum Gasteiger partial charge on any atom is 0.305 e. The van der Waals surface area contributed by atoms with Gasteiger partial charge in [0.05, 0.1) is 31.3 Å². The number of allylic oxidation sites excluding steroid dienone is 1. The second-order valence-corrected chi connectivity index (χ2v) is 14.7. The van der Waals surface area contributed by atoms with Crippen LogP contribution in [0.15, 0.2) is 12.7 Å². The Morgan fingerprint density at radius 1 is 1.41 bits per heavy atom. The molecule has 1 saturated heterocycles. The number of aliphatic hydroxyl groups excluding tert-OH is 1. The van der Waals surface area contributed by atoms with E-state index in [0.29, 0.717) is 32.1 Å². The van der Waals surface area contributed by atoms with Gasteiger partial charge in [-0.15, -0.1) is 6.58 Å². The molecule has 29 heavy (non-hydrogen) atoms. The third kappa shape index (κ3) is 5.78. The zero-order valence-electron chi connectivity index (χ0n) is 18.8. The van der Waals surface area contributed by atoms with E-state index in [4.69, 9.17) is 9.16 Å². The number of hydrogen-bond donors (Lipinski definition) is 1. The minimum atomic E-state index is -2.04. The zero-order valence-corrected chi connectivity index (χ0v) is 19.8. The average Bonchev–Trinajstić information content (AvgIpc) is 3.32. The third-order valence-electron chi connectivity index (χ3n) is 6.83. The lowest BCUT2D eigenvalue weighted by Gasteiger charge is -2.40. The van der Waals surface area contributed by atoms with Crippen LogP contribution in [0.3, 0.4) is 0 Å². The number of hydrogen-bond acceptors (Lipinski definition) is 6. The van der Waals surface area contributed by atoms with Crippen molar-refractivity contribution in [3.63, 3.8) is 0 Å². The molecule has 0 bridgehead atoms. The van der Waals surface area contributed by atoms with Crippen molar-refractivity contribution < 1.29 is 28.6 Å². The smallest absolute Gasteiger partial charge is 0.305 e. The molecule has 0 amide bonds. The Bertz CT molecular complexity index is 611. The second kappa shape index (κ2) is 9.41. The van der Waals surface area contributed by atoms with E-state index in [1.165, 1.54) is 7.11 Å². The minimum Gasteiger partial charge on any atom is -0.469 e. The maximum absolute atomic E-state index is 12.9. The van der Waals surface area contributed by atoms with Gasteiger partial charge < -0.3 is 19.0 Å². The fourth-order valence-corrected chi connectivity index (χ4v) is 5.39. The monoisotopic (exact) mass is 426 g/mol. The maximum atomic E-state index is 12.9. The molecular weight excluding hydrogens is 388 g/mol. The first-order chi connectivity index (χ1) is 13.4. The summed E-state index contributed by atoms with van der Waals surface area (Å²) in [6, 6.07) is 0. The number of methoxy groups -OCH3 is 1. The highest BCUT2D eigenvalue weighted by atomic mass is 28.4. The molecule has 2 aliphatic rings. The number of esters is 1. The lowest BCUT2D eigenvalue weighted by Crippen LogP contribution is -2.45. The van der Waals surface area contributed by atoms with Crippen molar-refractivity contribution in [3.05, 3.63) is 12.7 Å². The van der Waals surface area contributed by atoms with Crippen molar-refractivity contribution in [2.45, 2.75) is 95.4 Å². The number of carbonyl (C=O) groups is 2. The van der Waals surface area contributed by atoms with E-state index >= 15 is 0 Å². The molecule has 0 aromatic heterocycles. The van der Waals surface area contributed by atoms with Crippen LogP contribution in [0.1, 0.15) is 52.9 Å². The van der Waals surface area contributed by atoms with E-state index in [0.717, 1.165) is 0 Å². The molecule has 1 aliphatic heterocycles. The summed E-state index contributed by atoms with van der Waals surface area (Å²) in [5, 5.41) is 11.0. The molecule has 0 aromatic rings. The van der Waals surface area contributed by atoms with Crippen molar-refractivity contribution in [1.82, 2.24) is 0 Å². The van der Waals surface area contributed by atoms with Crippen LogP contribution < -0.4 is 0 Å². The average molecular weight is 427 g/mol. The van der Waals surface area contributed by atoms with Gasteiger partial charge in [0, 0.05) is 18.8 Å². The molecule has 2 fully saturated rings. The first-order valence-corrected chi connectivity index (χ1v) is 13.6. The van der Waals surface area contributed by atoms with Crippen LogP contribution in [0.5, 0.6) is 0 Å². The zero-order chi connectivity index (χ0) is 22.0. The van der Waals surface area contributed by atoms with Crippen molar-refractivity contribution in [2.24, 2.45) is 11.8 Å². The number of ketones is 1. The van der Waals surface area contributed by atoms with Gasteiger partial charge in [0.2, 0.25) is 0 Å². The molecular formula is C22H38O6Si. The van der Waals surface area contributed by atoms with Crippen LogP contribution >= 0.6 is 0 Å². The van der Waals surface area contributed by atoms with Crippen LogP contribution in [0.4, 0.5) is 0 Å². The fourth-order valence-electron chi connectivity index (χ4n) is 4.02. The molecule has 2 rings (SSSR count). The molecule has 0 spiro atoms. The Balaban J connectivity index is 2.01. The van der Waals surface area contributed by atoms with E-state index in [-0.39, 0.29) is 41.0 Å². The predicted molar refractivity (Wildman–Crippen MR) is 114 cm³/mol. The van der Waals surface area contributed by atoms with Crippen LogP contribution in [-0.2, 0) is 23.5 Å². The van der Waals surface area contributed by atoms with Crippen LogP contribution in [0.25, 0.3) is 0 Å². The highest BCUT2D eigenvalue weighted by Crippen LogP contribution is 2.45. The number of ether oxygens (including phenoxy) is 2. The molecule has 7 heteroatoms. The van der Waals surface area contributed by atoms with Gasteiger partial charge in [-0.2, -0.15) is 0 Å². The van der Waals surface area contributed by atoms with Crippen LogP contribution in [0, 0.1) is 11.8 Å². The molecule has 1 N–H and O–H groups in total. The van der Waals surface area contributed by atoms with E-state index in [9.17, 15) is 14.7 Å². The van der Waals surface area contributed by atoms with E-state index in [1.807, 2.05) is 6.08 Å². The SMILES string of the molecule is C=CC[C@@H]1C(C(O)[C@@H]2O[C@H]2CCCC(=O)OC)C(=O)C[C@H]1O[Si](C)(C)C(C)(C)C. The van der Waals surface area contributed by atoms with E-state index < -0.39 is 20.3 Å². The molecule has 1 aliphatic carbocycles.